The van der Waals surface area contributed by atoms with Crippen LogP contribution in [0.1, 0.15) is 20.8 Å². The fourth-order valence-electron chi connectivity index (χ4n) is 1.54. The molecule has 1 fully saturated rings. The van der Waals surface area contributed by atoms with Crippen molar-refractivity contribution in [3.8, 4) is 0 Å². The molecular formula is C9H16O3. The number of Topliss-reactive ketones (excluding diaryl/α,β-unsaturated/α-hetero) is 1. The van der Waals surface area contributed by atoms with Gasteiger partial charge in [-0.2, -0.15) is 0 Å². The number of ketones is 1. The molecule has 0 aromatic rings. The predicted octanol–water partition coefficient (Wildman–Crippen LogP) is 1.22. The molecular weight excluding hydrogens is 156 g/mol. The van der Waals surface area contributed by atoms with Crippen LogP contribution in [0.5, 0.6) is 0 Å². The van der Waals surface area contributed by atoms with Gasteiger partial charge in [0.05, 0.1) is 6.61 Å². The van der Waals surface area contributed by atoms with Crippen molar-refractivity contribution in [2.24, 2.45) is 11.8 Å². The molecule has 0 N–H and O–H groups in total. The van der Waals surface area contributed by atoms with Crippen molar-refractivity contribution < 1.29 is 14.3 Å². The Labute approximate surface area is 73.0 Å². The van der Waals surface area contributed by atoms with Gasteiger partial charge in [-0.3, -0.25) is 4.79 Å². The first-order valence-corrected chi connectivity index (χ1v) is 4.40. The van der Waals surface area contributed by atoms with Gasteiger partial charge >= 0.3 is 0 Å². The van der Waals surface area contributed by atoms with E-state index in [9.17, 15) is 4.79 Å². The van der Waals surface area contributed by atoms with E-state index < -0.39 is 0 Å². The minimum absolute atomic E-state index is 0.0292. The number of hydrogen-bond acceptors (Lipinski definition) is 3. The average Bonchev–Trinajstić information content (AvgIpc) is 2.34. The van der Waals surface area contributed by atoms with Crippen LogP contribution in [0.25, 0.3) is 0 Å². The van der Waals surface area contributed by atoms with Gasteiger partial charge in [0, 0.05) is 18.4 Å². The molecule has 0 saturated carbocycles. The number of carbonyl (C=O) groups is 1. The zero-order valence-electron chi connectivity index (χ0n) is 7.87. The summed E-state index contributed by atoms with van der Waals surface area (Å²) >= 11 is 0. The molecule has 1 saturated heterocycles. The molecule has 1 rings (SSSR count). The van der Waals surface area contributed by atoms with E-state index in [1.165, 1.54) is 0 Å². The zero-order valence-corrected chi connectivity index (χ0v) is 7.87. The van der Waals surface area contributed by atoms with Crippen molar-refractivity contribution in [3.05, 3.63) is 0 Å². The van der Waals surface area contributed by atoms with Crippen molar-refractivity contribution in [3.63, 3.8) is 0 Å². The molecule has 0 unspecified atom stereocenters. The number of carbonyl (C=O) groups excluding carboxylic acids is 1. The van der Waals surface area contributed by atoms with Gasteiger partial charge in [-0.05, 0) is 13.8 Å². The average molecular weight is 172 g/mol. The summed E-state index contributed by atoms with van der Waals surface area (Å²) in [6.45, 7) is 6.69. The largest absolute Gasteiger partial charge is 0.353 e. The number of hydrogen-bond donors (Lipinski definition) is 0. The normalized spacial score (nSPS) is 35.4. The molecule has 1 aliphatic rings. The van der Waals surface area contributed by atoms with E-state index in [0.717, 1.165) is 0 Å². The zero-order chi connectivity index (χ0) is 9.14. The van der Waals surface area contributed by atoms with E-state index in [0.29, 0.717) is 13.2 Å². The lowest BCUT2D eigenvalue weighted by Gasteiger charge is -2.16. The van der Waals surface area contributed by atoms with Crippen LogP contribution in [0.2, 0.25) is 0 Å². The molecule has 0 aromatic carbocycles. The van der Waals surface area contributed by atoms with Crippen molar-refractivity contribution in [2.75, 3.05) is 13.2 Å². The molecule has 0 amide bonds. The highest BCUT2D eigenvalue weighted by Crippen LogP contribution is 2.27. The second-order valence-corrected chi connectivity index (χ2v) is 3.23. The number of ether oxygens (including phenoxy) is 2. The predicted molar refractivity (Wildman–Crippen MR) is 44.7 cm³/mol. The fraction of sp³-hybridized carbons (Fsp3) is 0.889. The van der Waals surface area contributed by atoms with E-state index in [2.05, 4.69) is 0 Å². The van der Waals surface area contributed by atoms with Crippen molar-refractivity contribution in [1.82, 2.24) is 0 Å². The maximum atomic E-state index is 11.1. The van der Waals surface area contributed by atoms with E-state index in [1.54, 1.807) is 6.92 Å². The van der Waals surface area contributed by atoms with Gasteiger partial charge in [0.2, 0.25) is 0 Å². The third-order valence-electron chi connectivity index (χ3n) is 2.36. The van der Waals surface area contributed by atoms with Gasteiger partial charge < -0.3 is 9.47 Å². The lowest BCUT2D eigenvalue weighted by molar-refractivity contribution is -0.126. The van der Waals surface area contributed by atoms with E-state index >= 15 is 0 Å². The minimum Gasteiger partial charge on any atom is -0.353 e. The summed E-state index contributed by atoms with van der Waals surface area (Å²) in [5, 5.41) is 0. The lowest BCUT2D eigenvalue weighted by Crippen LogP contribution is -2.23. The van der Waals surface area contributed by atoms with Crippen LogP contribution in [-0.4, -0.2) is 25.3 Å². The van der Waals surface area contributed by atoms with Gasteiger partial charge in [0.1, 0.15) is 5.78 Å². The van der Waals surface area contributed by atoms with Crippen LogP contribution in [0, 0.1) is 11.8 Å². The van der Waals surface area contributed by atoms with E-state index in [-0.39, 0.29) is 23.9 Å². The van der Waals surface area contributed by atoms with Crippen molar-refractivity contribution >= 4 is 5.78 Å². The Morgan fingerprint density at radius 2 is 2.33 bits per heavy atom. The van der Waals surface area contributed by atoms with Crippen molar-refractivity contribution in [2.45, 2.75) is 27.1 Å². The summed E-state index contributed by atoms with van der Waals surface area (Å²) in [5.74, 6) is 0.425. The van der Waals surface area contributed by atoms with Gasteiger partial charge in [-0.15, -0.1) is 0 Å². The highest BCUT2D eigenvalue weighted by atomic mass is 16.7. The van der Waals surface area contributed by atoms with Gasteiger partial charge in [0.25, 0.3) is 0 Å². The van der Waals surface area contributed by atoms with Crippen LogP contribution in [0.4, 0.5) is 0 Å². The van der Waals surface area contributed by atoms with Crippen LogP contribution >= 0.6 is 0 Å². The smallest absolute Gasteiger partial charge is 0.160 e. The summed E-state index contributed by atoms with van der Waals surface area (Å²) in [6, 6.07) is 0. The highest BCUT2D eigenvalue weighted by molar-refractivity contribution is 5.79. The monoisotopic (exact) mass is 172 g/mol. The molecule has 3 nitrogen and oxygen atoms in total. The third-order valence-corrected chi connectivity index (χ3v) is 2.36. The summed E-state index contributed by atoms with van der Waals surface area (Å²) in [7, 11) is 0. The fourth-order valence-corrected chi connectivity index (χ4v) is 1.54. The molecule has 0 radical (unpaired) electrons. The summed E-state index contributed by atoms with van der Waals surface area (Å²) in [4.78, 5) is 11.1. The quantitative estimate of drug-likeness (QED) is 0.642. The molecule has 70 valence electrons. The minimum atomic E-state index is -0.177. The van der Waals surface area contributed by atoms with Gasteiger partial charge in [-0.25, -0.2) is 0 Å². The standard InChI is InChI=1S/C9H16O3/c1-4-11-9-6(2)8(5-12-9)7(3)10/h6,8-9H,4-5H2,1-3H3/t6-,8-,9-/m1/s1. The molecule has 1 aliphatic heterocycles. The van der Waals surface area contributed by atoms with Gasteiger partial charge in [0.15, 0.2) is 6.29 Å². The van der Waals surface area contributed by atoms with Crippen LogP contribution in [0.3, 0.4) is 0 Å². The first-order valence-electron chi connectivity index (χ1n) is 4.40. The maximum Gasteiger partial charge on any atom is 0.160 e. The molecule has 0 bridgehead atoms. The number of rotatable bonds is 3. The maximum absolute atomic E-state index is 11.1. The molecule has 3 heteroatoms. The molecule has 3 atom stereocenters. The SMILES string of the molecule is CCO[C@@H]1OC[C@@H](C(C)=O)[C@H]1C. The molecule has 1 heterocycles. The van der Waals surface area contributed by atoms with Crippen LogP contribution < -0.4 is 0 Å². The van der Waals surface area contributed by atoms with Gasteiger partial charge in [-0.1, -0.05) is 6.92 Å². The Morgan fingerprint density at radius 3 is 2.75 bits per heavy atom. The second kappa shape index (κ2) is 4.01. The van der Waals surface area contributed by atoms with Crippen LogP contribution in [-0.2, 0) is 14.3 Å². The Bertz CT molecular complexity index is 167. The van der Waals surface area contributed by atoms with Crippen molar-refractivity contribution in [1.29, 1.82) is 0 Å². The van der Waals surface area contributed by atoms with E-state index in [4.69, 9.17) is 9.47 Å². The first kappa shape index (κ1) is 9.68. The Balaban J connectivity index is 2.48. The molecule has 0 spiro atoms. The second-order valence-electron chi connectivity index (χ2n) is 3.23. The summed E-state index contributed by atoms with van der Waals surface area (Å²) in [5.41, 5.74) is 0. The Morgan fingerprint density at radius 1 is 1.67 bits per heavy atom. The highest BCUT2D eigenvalue weighted by Gasteiger charge is 2.36. The lowest BCUT2D eigenvalue weighted by atomic mass is 9.93. The Hall–Kier alpha value is -0.410. The topological polar surface area (TPSA) is 35.5 Å². The first-order chi connectivity index (χ1) is 5.66. The summed E-state index contributed by atoms with van der Waals surface area (Å²) < 4.78 is 10.7. The van der Waals surface area contributed by atoms with Crippen LogP contribution in [0.15, 0.2) is 0 Å². The van der Waals surface area contributed by atoms with E-state index in [1.807, 2.05) is 13.8 Å². The molecule has 0 aromatic heterocycles. The summed E-state index contributed by atoms with van der Waals surface area (Å²) in [6.07, 6.45) is -0.177. The third kappa shape index (κ3) is 1.84. The molecule has 12 heavy (non-hydrogen) atoms. The molecule has 0 aliphatic carbocycles. The Kier molecular flexibility index (Phi) is 3.23.